The minimum Gasteiger partial charge on any atom is -0.346 e. The van der Waals surface area contributed by atoms with Crippen molar-refractivity contribution in [2.45, 2.75) is 26.3 Å². The predicted molar refractivity (Wildman–Crippen MR) is 71.1 cm³/mol. The summed E-state index contributed by atoms with van der Waals surface area (Å²) in [6, 6.07) is 6.99. The summed E-state index contributed by atoms with van der Waals surface area (Å²) in [6.45, 7) is 3.54. The van der Waals surface area contributed by atoms with Crippen LogP contribution in [0.2, 0.25) is 0 Å². The van der Waals surface area contributed by atoms with E-state index in [-0.39, 0.29) is 18.4 Å². The minimum atomic E-state index is -0.610. The fraction of sp³-hybridized carbons (Fsp3) is 0.385. The van der Waals surface area contributed by atoms with Gasteiger partial charge < -0.3 is 16.4 Å². The van der Waals surface area contributed by atoms with Crippen LogP contribution in [-0.2, 0) is 16.0 Å². The summed E-state index contributed by atoms with van der Waals surface area (Å²) in [5.41, 5.74) is 7.25. The number of nitrogens with one attached hydrogen (secondary N) is 2. The van der Waals surface area contributed by atoms with Crippen molar-refractivity contribution in [3.63, 3.8) is 0 Å². The second-order valence-corrected chi connectivity index (χ2v) is 4.11. The third-order valence-corrected chi connectivity index (χ3v) is 2.46. The van der Waals surface area contributed by atoms with Crippen molar-refractivity contribution in [3.05, 3.63) is 29.8 Å². The van der Waals surface area contributed by atoms with Crippen LogP contribution in [0.4, 0.5) is 5.69 Å². The topological polar surface area (TPSA) is 84.2 Å². The van der Waals surface area contributed by atoms with E-state index in [9.17, 15) is 9.59 Å². The number of carbonyl (C=O) groups excluding carboxylic acids is 2. The zero-order valence-corrected chi connectivity index (χ0v) is 10.7. The lowest BCUT2D eigenvalue weighted by atomic mass is 10.1. The predicted octanol–water partition coefficient (Wildman–Crippen LogP) is 0.651. The Hall–Kier alpha value is -1.88. The van der Waals surface area contributed by atoms with Gasteiger partial charge in [0.15, 0.2) is 0 Å². The molecule has 0 aliphatic rings. The first-order valence-corrected chi connectivity index (χ1v) is 5.95. The van der Waals surface area contributed by atoms with Gasteiger partial charge in [-0.05, 0) is 31.0 Å². The summed E-state index contributed by atoms with van der Waals surface area (Å²) in [5, 5.41) is 5.17. The molecule has 0 aliphatic heterocycles. The van der Waals surface area contributed by atoms with Gasteiger partial charge >= 0.3 is 0 Å². The van der Waals surface area contributed by atoms with Crippen LogP contribution in [0.5, 0.6) is 0 Å². The molecule has 1 rings (SSSR count). The Morgan fingerprint density at radius 3 is 2.72 bits per heavy atom. The molecule has 1 atom stereocenters. The molecule has 0 spiro atoms. The van der Waals surface area contributed by atoms with Crippen LogP contribution in [0.25, 0.3) is 0 Å². The van der Waals surface area contributed by atoms with Crippen LogP contribution in [-0.4, -0.2) is 24.4 Å². The lowest BCUT2D eigenvalue weighted by Gasteiger charge is -2.09. The Labute approximate surface area is 107 Å². The largest absolute Gasteiger partial charge is 0.346 e. The van der Waals surface area contributed by atoms with E-state index in [0.29, 0.717) is 0 Å². The molecule has 0 saturated carbocycles. The number of aryl methyl sites for hydroxylation is 1. The fourth-order valence-corrected chi connectivity index (χ4v) is 1.40. The van der Waals surface area contributed by atoms with E-state index in [4.69, 9.17) is 5.73 Å². The highest BCUT2D eigenvalue weighted by atomic mass is 16.2. The lowest BCUT2D eigenvalue weighted by Crippen LogP contribution is -2.41. The summed E-state index contributed by atoms with van der Waals surface area (Å²) in [6.07, 6.45) is 0.908. The average Bonchev–Trinajstić information content (AvgIpc) is 2.36. The van der Waals surface area contributed by atoms with Crippen molar-refractivity contribution in [1.29, 1.82) is 0 Å². The number of rotatable bonds is 5. The average molecular weight is 249 g/mol. The molecule has 0 fully saturated rings. The third kappa shape index (κ3) is 4.55. The van der Waals surface area contributed by atoms with Crippen molar-refractivity contribution < 1.29 is 9.59 Å². The Morgan fingerprint density at radius 1 is 1.39 bits per heavy atom. The maximum Gasteiger partial charge on any atom is 0.243 e. The van der Waals surface area contributed by atoms with Gasteiger partial charge in [0.05, 0.1) is 12.6 Å². The van der Waals surface area contributed by atoms with Crippen molar-refractivity contribution in [3.8, 4) is 0 Å². The van der Waals surface area contributed by atoms with Crippen LogP contribution < -0.4 is 16.4 Å². The minimum absolute atomic E-state index is 0.0727. The molecular formula is C13H19N3O2. The highest BCUT2D eigenvalue weighted by molar-refractivity contribution is 5.95. The first-order chi connectivity index (χ1) is 8.52. The summed E-state index contributed by atoms with van der Waals surface area (Å²) < 4.78 is 0. The molecule has 0 radical (unpaired) electrons. The van der Waals surface area contributed by atoms with Crippen LogP contribution in [0.15, 0.2) is 24.3 Å². The molecule has 1 aromatic carbocycles. The van der Waals surface area contributed by atoms with E-state index in [1.807, 2.05) is 31.2 Å². The first-order valence-electron chi connectivity index (χ1n) is 5.95. The molecule has 5 nitrogen and oxygen atoms in total. The molecular weight excluding hydrogens is 230 g/mol. The molecule has 0 saturated heterocycles. The molecule has 0 aliphatic carbocycles. The number of anilines is 1. The Morgan fingerprint density at radius 2 is 2.11 bits per heavy atom. The van der Waals surface area contributed by atoms with E-state index in [0.717, 1.165) is 17.7 Å². The Balaban J connectivity index is 2.47. The van der Waals surface area contributed by atoms with Gasteiger partial charge in [0.2, 0.25) is 11.8 Å². The van der Waals surface area contributed by atoms with Gasteiger partial charge in [-0.15, -0.1) is 0 Å². The maximum absolute atomic E-state index is 11.6. The highest BCUT2D eigenvalue weighted by Gasteiger charge is 2.09. The second kappa shape index (κ2) is 6.76. The summed E-state index contributed by atoms with van der Waals surface area (Å²) in [4.78, 5) is 22.8. The van der Waals surface area contributed by atoms with Gasteiger partial charge in [0.25, 0.3) is 0 Å². The maximum atomic E-state index is 11.6. The Kier molecular flexibility index (Phi) is 5.32. The van der Waals surface area contributed by atoms with E-state index < -0.39 is 6.04 Å². The van der Waals surface area contributed by atoms with Gasteiger partial charge in [0.1, 0.15) is 0 Å². The van der Waals surface area contributed by atoms with Crippen molar-refractivity contribution >= 4 is 17.5 Å². The van der Waals surface area contributed by atoms with Gasteiger partial charge in [-0.3, -0.25) is 9.59 Å². The molecule has 0 heterocycles. The SMILES string of the molecule is CCc1cccc(NC(=O)CNC(=O)[C@H](C)N)c1. The van der Waals surface area contributed by atoms with Gasteiger partial charge in [-0.2, -0.15) is 0 Å². The molecule has 5 heteroatoms. The number of carbonyl (C=O) groups is 2. The molecule has 98 valence electrons. The van der Waals surface area contributed by atoms with Crippen molar-refractivity contribution in [1.82, 2.24) is 5.32 Å². The molecule has 0 aromatic heterocycles. The van der Waals surface area contributed by atoms with E-state index in [2.05, 4.69) is 10.6 Å². The lowest BCUT2D eigenvalue weighted by molar-refractivity contribution is -0.124. The van der Waals surface area contributed by atoms with Gasteiger partial charge in [-0.1, -0.05) is 19.1 Å². The molecule has 2 amide bonds. The van der Waals surface area contributed by atoms with Crippen LogP contribution >= 0.6 is 0 Å². The van der Waals surface area contributed by atoms with Crippen molar-refractivity contribution in [2.75, 3.05) is 11.9 Å². The van der Waals surface area contributed by atoms with Crippen LogP contribution in [0.1, 0.15) is 19.4 Å². The zero-order chi connectivity index (χ0) is 13.5. The highest BCUT2D eigenvalue weighted by Crippen LogP contribution is 2.10. The van der Waals surface area contributed by atoms with Crippen LogP contribution in [0, 0.1) is 0 Å². The number of hydrogen-bond acceptors (Lipinski definition) is 3. The summed E-state index contributed by atoms with van der Waals surface area (Å²) >= 11 is 0. The zero-order valence-electron chi connectivity index (χ0n) is 10.7. The van der Waals surface area contributed by atoms with E-state index in [1.54, 1.807) is 6.92 Å². The third-order valence-electron chi connectivity index (χ3n) is 2.46. The van der Waals surface area contributed by atoms with E-state index in [1.165, 1.54) is 0 Å². The quantitative estimate of drug-likeness (QED) is 0.716. The molecule has 18 heavy (non-hydrogen) atoms. The summed E-state index contributed by atoms with van der Waals surface area (Å²) in [7, 11) is 0. The normalized spacial score (nSPS) is 11.7. The van der Waals surface area contributed by atoms with E-state index >= 15 is 0 Å². The molecule has 4 N–H and O–H groups in total. The number of hydrogen-bond donors (Lipinski definition) is 3. The van der Waals surface area contributed by atoms with Gasteiger partial charge in [-0.25, -0.2) is 0 Å². The van der Waals surface area contributed by atoms with Crippen molar-refractivity contribution in [2.24, 2.45) is 5.73 Å². The smallest absolute Gasteiger partial charge is 0.243 e. The monoisotopic (exact) mass is 249 g/mol. The fourth-order valence-electron chi connectivity index (χ4n) is 1.40. The van der Waals surface area contributed by atoms with Gasteiger partial charge in [0, 0.05) is 5.69 Å². The summed E-state index contributed by atoms with van der Waals surface area (Å²) in [5.74, 6) is -0.607. The number of amides is 2. The molecule has 0 unspecified atom stereocenters. The Bertz CT molecular complexity index is 430. The standard InChI is InChI=1S/C13H19N3O2/c1-3-10-5-4-6-11(7-10)16-12(17)8-15-13(18)9(2)14/h4-7,9H,3,8,14H2,1-2H3,(H,15,18)(H,16,17)/t9-/m0/s1. The molecule has 0 bridgehead atoms. The number of nitrogens with two attached hydrogens (primary N) is 1. The molecule has 1 aromatic rings. The second-order valence-electron chi connectivity index (χ2n) is 4.11. The van der Waals surface area contributed by atoms with Crippen LogP contribution in [0.3, 0.4) is 0 Å². The number of benzene rings is 1. The first kappa shape index (κ1) is 14.2.